The third-order valence-corrected chi connectivity index (χ3v) is 3.41. The maximum atomic E-state index is 3.45. The second-order valence-electron chi connectivity index (χ2n) is 4.14. The Morgan fingerprint density at radius 2 is 2.31 bits per heavy atom. The predicted molar refractivity (Wildman–Crippen MR) is 56.6 cm³/mol. The smallest absolute Gasteiger partial charge is 0.0130 e. The second kappa shape index (κ2) is 4.10. The third-order valence-electron chi connectivity index (χ3n) is 3.41. The molecule has 0 spiro atoms. The van der Waals surface area contributed by atoms with Gasteiger partial charge in [-0.2, -0.15) is 0 Å². The molecule has 0 heterocycles. The van der Waals surface area contributed by atoms with E-state index in [-0.39, 0.29) is 0 Å². The number of allylic oxidation sites excluding steroid dienone is 3. The van der Waals surface area contributed by atoms with Gasteiger partial charge in [0.05, 0.1) is 0 Å². The van der Waals surface area contributed by atoms with Crippen LogP contribution in [-0.2, 0) is 0 Å². The summed E-state index contributed by atoms with van der Waals surface area (Å²) in [4.78, 5) is 0. The van der Waals surface area contributed by atoms with Crippen LogP contribution in [0.5, 0.6) is 0 Å². The molecule has 13 heavy (non-hydrogen) atoms. The minimum atomic E-state index is 0.748. The first-order valence-electron chi connectivity index (χ1n) is 5.44. The maximum Gasteiger partial charge on any atom is 0.0130 e. The molecular formula is C12H19N. The van der Waals surface area contributed by atoms with Crippen molar-refractivity contribution in [1.82, 2.24) is 5.32 Å². The Hall–Kier alpha value is -0.560. The fourth-order valence-electron chi connectivity index (χ4n) is 2.68. The van der Waals surface area contributed by atoms with Crippen LogP contribution in [0.25, 0.3) is 0 Å². The Bertz CT molecular complexity index is 227. The van der Waals surface area contributed by atoms with Crippen LogP contribution in [0, 0.1) is 5.92 Å². The van der Waals surface area contributed by atoms with Crippen molar-refractivity contribution in [2.75, 3.05) is 7.05 Å². The van der Waals surface area contributed by atoms with E-state index < -0.39 is 0 Å². The summed E-state index contributed by atoms with van der Waals surface area (Å²) in [6.45, 7) is 0. The number of nitrogens with one attached hydrogen (secondary N) is 1. The van der Waals surface area contributed by atoms with E-state index in [1.54, 1.807) is 5.57 Å². The van der Waals surface area contributed by atoms with E-state index in [1.807, 2.05) is 0 Å². The van der Waals surface area contributed by atoms with E-state index in [0.717, 1.165) is 12.0 Å². The molecular weight excluding hydrogens is 158 g/mol. The molecule has 2 atom stereocenters. The summed E-state index contributed by atoms with van der Waals surface area (Å²) in [5, 5.41) is 3.45. The molecule has 1 fully saturated rings. The van der Waals surface area contributed by atoms with E-state index in [0.29, 0.717) is 0 Å². The normalized spacial score (nSPS) is 33.5. The van der Waals surface area contributed by atoms with Gasteiger partial charge in [-0.05, 0) is 38.6 Å². The van der Waals surface area contributed by atoms with Crippen molar-refractivity contribution in [2.24, 2.45) is 5.92 Å². The molecule has 2 rings (SSSR count). The molecule has 1 heteroatoms. The minimum absolute atomic E-state index is 0.748. The Morgan fingerprint density at radius 3 is 3.00 bits per heavy atom. The number of rotatable bonds is 2. The van der Waals surface area contributed by atoms with Crippen molar-refractivity contribution in [3.8, 4) is 0 Å². The molecule has 1 nitrogen and oxygen atoms in total. The molecule has 1 N–H and O–H groups in total. The van der Waals surface area contributed by atoms with Gasteiger partial charge >= 0.3 is 0 Å². The third kappa shape index (κ3) is 1.86. The lowest BCUT2D eigenvalue weighted by Gasteiger charge is -2.23. The standard InChI is InChI=1S/C12H19N/c1-13-12-9-5-8-11(12)10-6-3-2-4-7-10/h2-3,6,11-13H,4-5,7-9H2,1H3/t11-,12-/m1/s1. The summed E-state index contributed by atoms with van der Waals surface area (Å²) < 4.78 is 0. The van der Waals surface area contributed by atoms with E-state index in [4.69, 9.17) is 0 Å². The fourth-order valence-corrected chi connectivity index (χ4v) is 2.68. The highest BCUT2D eigenvalue weighted by molar-refractivity contribution is 5.22. The van der Waals surface area contributed by atoms with Gasteiger partial charge in [-0.1, -0.05) is 30.2 Å². The zero-order chi connectivity index (χ0) is 9.10. The highest BCUT2D eigenvalue weighted by Crippen LogP contribution is 2.34. The molecule has 0 aromatic carbocycles. The number of hydrogen-bond donors (Lipinski definition) is 1. The van der Waals surface area contributed by atoms with Crippen LogP contribution in [0.3, 0.4) is 0 Å². The Balaban J connectivity index is 2.06. The lowest BCUT2D eigenvalue weighted by Crippen LogP contribution is -2.30. The van der Waals surface area contributed by atoms with Crippen molar-refractivity contribution in [2.45, 2.75) is 38.1 Å². The summed E-state index contributed by atoms with van der Waals surface area (Å²) in [6, 6.07) is 0.748. The molecule has 2 aliphatic carbocycles. The van der Waals surface area contributed by atoms with Crippen molar-refractivity contribution in [3.63, 3.8) is 0 Å². The molecule has 2 aliphatic rings. The zero-order valence-electron chi connectivity index (χ0n) is 8.42. The molecule has 0 amide bonds. The Morgan fingerprint density at radius 1 is 1.38 bits per heavy atom. The van der Waals surface area contributed by atoms with Gasteiger partial charge in [-0.3, -0.25) is 0 Å². The summed E-state index contributed by atoms with van der Waals surface area (Å²) >= 11 is 0. The van der Waals surface area contributed by atoms with E-state index in [2.05, 4.69) is 30.6 Å². The average Bonchev–Trinajstić information content (AvgIpc) is 2.67. The lowest BCUT2D eigenvalue weighted by atomic mass is 9.88. The highest BCUT2D eigenvalue weighted by Gasteiger charge is 2.28. The first-order chi connectivity index (χ1) is 6.42. The minimum Gasteiger partial charge on any atom is -0.316 e. The van der Waals surface area contributed by atoms with Crippen LogP contribution < -0.4 is 5.32 Å². The van der Waals surface area contributed by atoms with Crippen LogP contribution >= 0.6 is 0 Å². The van der Waals surface area contributed by atoms with Crippen LogP contribution in [-0.4, -0.2) is 13.1 Å². The van der Waals surface area contributed by atoms with Gasteiger partial charge in [-0.15, -0.1) is 0 Å². The monoisotopic (exact) mass is 177 g/mol. The van der Waals surface area contributed by atoms with Gasteiger partial charge in [0.15, 0.2) is 0 Å². The summed E-state index contributed by atoms with van der Waals surface area (Å²) in [5.41, 5.74) is 1.68. The fraction of sp³-hybridized carbons (Fsp3) is 0.667. The molecule has 0 aliphatic heterocycles. The summed E-state index contributed by atoms with van der Waals surface area (Å²) in [7, 11) is 2.10. The van der Waals surface area contributed by atoms with Crippen LogP contribution in [0.15, 0.2) is 23.8 Å². The second-order valence-corrected chi connectivity index (χ2v) is 4.14. The van der Waals surface area contributed by atoms with E-state index in [9.17, 15) is 0 Å². The lowest BCUT2D eigenvalue weighted by molar-refractivity contribution is 0.466. The summed E-state index contributed by atoms with van der Waals surface area (Å²) in [6.07, 6.45) is 13.5. The first kappa shape index (κ1) is 9.01. The SMILES string of the molecule is CN[C@@H]1CCC[C@@H]1C1=CC=CCC1. The topological polar surface area (TPSA) is 12.0 Å². The highest BCUT2D eigenvalue weighted by atomic mass is 14.9. The molecule has 0 aromatic heterocycles. The molecule has 0 aromatic rings. The average molecular weight is 177 g/mol. The molecule has 0 bridgehead atoms. The van der Waals surface area contributed by atoms with Gasteiger partial charge in [-0.25, -0.2) is 0 Å². The zero-order valence-corrected chi connectivity index (χ0v) is 8.42. The Labute approximate surface area is 80.9 Å². The number of hydrogen-bond acceptors (Lipinski definition) is 1. The summed E-state index contributed by atoms with van der Waals surface area (Å²) in [5.74, 6) is 0.829. The van der Waals surface area contributed by atoms with E-state index in [1.165, 1.54) is 32.1 Å². The van der Waals surface area contributed by atoms with Crippen molar-refractivity contribution in [3.05, 3.63) is 23.8 Å². The van der Waals surface area contributed by atoms with Gasteiger partial charge in [0.25, 0.3) is 0 Å². The predicted octanol–water partition coefficient (Wildman–Crippen LogP) is 2.65. The Kier molecular flexibility index (Phi) is 2.84. The van der Waals surface area contributed by atoms with Crippen molar-refractivity contribution in [1.29, 1.82) is 0 Å². The maximum absolute atomic E-state index is 3.45. The van der Waals surface area contributed by atoms with Crippen molar-refractivity contribution >= 4 is 0 Å². The largest absolute Gasteiger partial charge is 0.316 e. The molecule has 0 saturated heterocycles. The molecule has 0 unspecified atom stereocenters. The van der Waals surface area contributed by atoms with E-state index >= 15 is 0 Å². The van der Waals surface area contributed by atoms with Gasteiger partial charge in [0.1, 0.15) is 0 Å². The molecule has 72 valence electrons. The first-order valence-corrected chi connectivity index (χ1v) is 5.44. The van der Waals surface area contributed by atoms with Gasteiger partial charge in [0, 0.05) is 6.04 Å². The van der Waals surface area contributed by atoms with Crippen LogP contribution in [0.2, 0.25) is 0 Å². The molecule has 0 radical (unpaired) electrons. The van der Waals surface area contributed by atoms with Crippen molar-refractivity contribution < 1.29 is 0 Å². The molecule has 1 saturated carbocycles. The quantitative estimate of drug-likeness (QED) is 0.683. The van der Waals surface area contributed by atoms with Gasteiger partial charge < -0.3 is 5.32 Å². The van der Waals surface area contributed by atoms with Crippen LogP contribution in [0.1, 0.15) is 32.1 Å². The van der Waals surface area contributed by atoms with Gasteiger partial charge in [0.2, 0.25) is 0 Å². The van der Waals surface area contributed by atoms with Crippen LogP contribution in [0.4, 0.5) is 0 Å².